The van der Waals surface area contributed by atoms with Crippen molar-refractivity contribution in [1.29, 1.82) is 0 Å². The smallest absolute Gasteiger partial charge is 0.230 e. The molecule has 0 amide bonds. The van der Waals surface area contributed by atoms with E-state index in [9.17, 15) is 0 Å². The number of aromatic nitrogens is 3. The van der Waals surface area contributed by atoms with Gasteiger partial charge in [0.15, 0.2) is 5.16 Å². The van der Waals surface area contributed by atoms with Crippen molar-refractivity contribution < 1.29 is 0 Å². The summed E-state index contributed by atoms with van der Waals surface area (Å²) in [6.45, 7) is 9.25. The van der Waals surface area contributed by atoms with Crippen LogP contribution in [0.4, 0.5) is 11.9 Å². The number of thioether (sulfide) groups is 1. The molecule has 5 nitrogen and oxygen atoms in total. The molecule has 0 saturated carbocycles. The molecule has 0 aliphatic rings. The maximum absolute atomic E-state index is 4.43. The molecule has 96 valence electrons. The SMILES string of the molecule is CCNc1nc(SC(C)(C)C)nc(N(C)C)n1. The van der Waals surface area contributed by atoms with Crippen molar-refractivity contribution in [1.82, 2.24) is 15.0 Å². The second kappa shape index (κ2) is 5.53. The lowest BCUT2D eigenvalue weighted by Crippen LogP contribution is -2.17. The van der Waals surface area contributed by atoms with Gasteiger partial charge in [-0.05, 0) is 6.92 Å². The average Bonchev–Trinajstić information content (AvgIpc) is 2.14. The van der Waals surface area contributed by atoms with E-state index >= 15 is 0 Å². The fourth-order valence-corrected chi connectivity index (χ4v) is 1.91. The molecule has 0 aromatic carbocycles. The number of anilines is 2. The van der Waals surface area contributed by atoms with Gasteiger partial charge in [0.25, 0.3) is 0 Å². The third-order valence-corrected chi connectivity index (χ3v) is 2.71. The van der Waals surface area contributed by atoms with Crippen molar-refractivity contribution in [2.75, 3.05) is 30.9 Å². The Labute approximate surface area is 107 Å². The summed E-state index contributed by atoms with van der Waals surface area (Å²) in [4.78, 5) is 15.0. The predicted molar refractivity (Wildman–Crippen MR) is 73.9 cm³/mol. The van der Waals surface area contributed by atoms with Gasteiger partial charge in [-0.1, -0.05) is 32.5 Å². The predicted octanol–water partition coefficient (Wildman–Crippen LogP) is 2.26. The number of hydrogen-bond donors (Lipinski definition) is 1. The van der Waals surface area contributed by atoms with Gasteiger partial charge in [0, 0.05) is 25.4 Å². The lowest BCUT2D eigenvalue weighted by molar-refractivity contribution is 0.784. The maximum Gasteiger partial charge on any atom is 0.230 e. The Balaban J connectivity index is 3.03. The molecule has 1 aromatic rings. The van der Waals surface area contributed by atoms with E-state index in [2.05, 4.69) is 41.0 Å². The highest BCUT2D eigenvalue weighted by Gasteiger charge is 2.16. The molecule has 17 heavy (non-hydrogen) atoms. The molecular weight excluding hydrogens is 234 g/mol. The molecule has 0 saturated heterocycles. The second-order valence-electron chi connectivity index (χ2n) is 4.88. The third-order valence-electron chi connectivity index (χ3n) is 1.74. The number of nitrogens with zero attached hydrogens (tertiary/aromatic N) is 4. The summed E-state index contributed by atoms with van der Waals surface area (Å²) in [5, 5.41) is 3.88. The first-order valence-electron chi connectivity index (χ1n) is 5.68. The van der Waals surface area contributed by atoms with Gasteiger partial charge in [0.1, 0.15) is 0 Å². The van der Waals surface area contributed by atoms with Crippen LogP contribution in [0.1, 0.15) is 27.7 Å². The van der Waals surface area contributed by atoms with Gasteiger partial charge >= 0.3 is 0 Å². The Morgan fingerprint density at radius 1 is 1.18 bits per heavy atom. The topological polar surface area (TPSA) is 53.9 Å². The van der Waals surface area contributed by atoms with Crippen molar-refractivity contribution in [2.24, 2.45) is 0 Å². The molecule has 1 heterocycles. The van der Waals surface area contributed by atoms with E-state index in [-0.39, 0.29) is 4.75 Å². The minimum absolute atomic E-state index is 0.0917. The third kappa shape index (κ3) is 4.77. The average molecular weight is 255 g/mol. The van der Waals surface area contributed by atoms with Gasteiger partial charge in [-0.25, -0.2) is 0 Å². The van der Waals surface area contributed by atoms with Gasteiger partial charge in [-0.15, -0.1) is 0 Å². The Morgan fingerprint density at radius 2 is 1.82 bits per heavy atom. The summed E-state index contributed by atoms with van der Waals surface area (Å²) in [6, 6.07) is 0. The van der Waals surface area contributed by atoms with Crippen molar-refractivity contribution >= 4 is 23.7 Å². The summed E-state index contributed by atoms with van der Waals surface area (Å²) in [7, 11) is 3.85. The van der Waals surface area contributed by atoms with E-state index in [1.54, 1.807) is 11.8 Å². The van der Waals surface area contributed by atoms with E-state index in [0.717, 1.165) is 11.7 Å². The van der Waals surface area contributed by atoms with E-state index in [1.807, 2.05) is 25.9 Å². The monoisotopic (exact) mass is 255 g/mol. The summed E-state index contributed by atoms with van der Waals surface area (Å²) < 4.78 is 0.0917. The molecule has 1 N–H and O–H groups in total. The largest absolute Gasteiger partial charge is 0.354 e. The van der Waals surface area contributed by atoms with Crippen LogP contribution in [0.5, 0.6) is 0 Å². The molecular formula is C11H21N5S. The molecule has 1 rings (SSSR count). The van der Waals surface area contributed by atoms with Gasteiger partial charge in [0.05, 0.1) is 0 Å². The summed E-state index contributed by atoms with van der Waals surface area (Å²) in [5.41, 5.74) is 0. The summed E-state index contributed by atoms with van der Waals surface area (Å²) in [6.07, 6.45) is 0. The van der Waals surface area contributed by atoms with Crippen LogP contribution in [0, 0.1) is 0 Å². The molecule has 0 bridgehead atoms. The van der Waals surface area contributed by atoms with Crippen LogP contribution in [0.15, 0.2) is 5.16 Å². The van der Waals surface area contributed by atoms with Crippen LogP contribution in [-0.4, -0.2) is 40.3 Å². The Hall–Kier alpha value is -1.04. The van der Waals surface area contributed by atoms with Crippen molar-refractivity contribution in [3.05, 3.63) is 0 Å². The molecule has 1 aromatic heterocycles. The zero-order valence-electron chi connectivity index (χ0n) is 11.4. The second-order valence-corrected chi connectivity index (χ2v) is 6.67. The van der Waals surface area contributed by atoms with Crippen LogP contribution < -0.4 is 10.2 Å². The van der Waals surface area contributed by atoms with Crippen LogP contribution in [0.2, 0.25) is 0 Å². The van der Waals surface area contributed by atoms with E-state index in [1.165, 1.54) is 0 Å². The van der Waals surface area contributed by atoms with Crippen LogP contribution >= 0.6 is 11.8 Å². The molecule has 0 fully saturated rings. The molecule has 0 atom stereocenters. The summed E-state index contributed by atoms with van der Waals surface area (Å²) >= 11 is 1.64. The molecule has 0 aliphatic carbocycles. The minimum atomic E-state index is 0.0917. The lowest BCUT2D eigenvalue weighted by atomic mass is 10.3. The molecule has 0 unspecified atom stereocenters. The standard InChI is InChI=1S/C11H21N5S/c1-7-12-8-13-9(16(5)6)15-10(14-8)17-11(2,3)4/h7H2,1-6H3,(H,12,13,14,15). The maximum atomic E-state index is 4.43. The fourth-order valence-electron chi connectivity index (χ4n) is 1.10. The van der Waals surface area contributed by atoms with E-state index in [0.29, 0.717) is 11.9 Å². The first-order chi connectivity index (χ1) is 7.81. The van der Waals surface area contributed by atoms with E-state index < -0.39 is 0 Å². The van der Waals surface area contributed by atoms with Crippen molar-refractivity contribution in [3.63, 3.8) is 0 Å². The van der Waals surface area contributed by atoms with Crippen LogP contribution in [-0.2, 0) is 0 Å². The molecule has 6 heteroatoms. The number of hydrogen-bond acceptors (Lipinski definition) is 6. The fraction of sp³-hybridized carbons (Fsp3) is 0.727. The first-order valence-corrected chi connectivity index (χ1v) is 6.50. The molecule has 0 aliphatic heterocycles. The van der Waals surface area contributed by atoms with E-state index in [4.69, 9.17) is 0 Å². The Bertz CT molecular complexity index is 373. The highest BCUT2D eigenvalue weighted by atomic mass is 32.2. The van der Waals surface area contributed by atoms with Gasteiger partial charge in [0.2, 0.25) is 11.9 Å². The number of nitrogens with one attached hydrogen (secondary N) is 1. The van der Waals surface area contributed by atoms with Crippen LogP contribution in [0.25, 0.3) is 0 Å². The summed E-state index contributed by atoms with van der Waals surface area (Å²) in [5.74, 6) is 1.32. The normalized spacial score (nSPS) is 11.4. The Kier molecular flexibility index (Phi) is 4.56. The minimum Gasteiger partial charge on any atom is -0.354 e. The van der Waals surface area contributed by atoms with Crippen LogP contribution in [0.3, 0.4) is 0 Å². The zero-order valence-corrected chi connectivity index (χ0v) is 12.2. The highest BCUT2D eigenvalue weighted by Crippen LogP contribution is 2.30. The number of rotatable bonds is 4. The van der Waals surface area contributed by atoms with Gasteiger partial charge in [-0.3, -0.25) is 0 Å². The zero-order chi connectivity index (χ0) is 13.1. The Morgan fingerprint density at radius 3 is 2.29 bits per heavy atom. The molecule has 0 radical (unpaired) electrons. The van der Waals surface area contributed by atoms with Gasteiger partial charge < -0.3 is 10.2 Å². The van der Waals surface area contributed by atoms with Crippen molar-refractivity contribution in [2.45, 2.75) is 37.6 Å². The van der Waals surface area contributed by atoms with Crippen molar-refractivity contribution in [3.8, 4) is 0 Å². The first kappa shape index (κ1) is 14.0. The molecule has 0 spiro atoms. The highest BCUT2D eigenvalue weighted by molar-refractivity contribution is 8.00. The van der Waals surface area contributed by atoms with Gasteiger partial charge in [-0.2, -0.15) is 15.0 Å². The quantitative estimate of drug-likeness (QED) is 0.833. The lowest BCUT2D eigenvalue weighted by Gasteiger charge is -2.18.